The van der Waals surface area contributed by atoms with E-state index in [4.69, 9.17) is 4.74 Å². The third-order valence-corrected chi connectivity index (χ3v) is 4.55. The van der Waals surface area contributed by atoms with E-state index in [2.05, 4.69) is 16.0 Å². The maximum atomic E-state index is 12.2. The minimum atomic E-state index is -0.101. The van der Waals surface area contributed by atoms with Crippen molar-refractivity contribution in [1.82, 2.24) is 16.0 Å². The van der Waals surface area contributed by atoms with Gasteiger partial charge in [0.15, 0.2) is 0 Å². The third-order valence-electron chi connectivity index (χ3n) is 4.55. The Morgan fingerprint density at radius 2 is 2.08 bits per heavy atom. The minimum Gasteiger partial charge on any atom is -0.376 e. The SMILES string of the molecule is Cl.O=C(NCC1CCCO1)c1cccc(CNC(=O)C2CCCN2)c1. The molecule has 0 aliphatic carbocycles. The van der Waals surface area contributed by atoms with Crippen LogP contribution in [0.3, 0.4) is 0 Å². The van der Waals surface area contributed by atoms with E-state index in [9.17, 15) is 9.59 Å². The van der Waals surface area contributed by atoms with Crippen LogP contribution in [0.15, 0.2) is 24.3 Å². The maximum Gasteiger partial charge on any atom is 0.251 e. The van der Waals surface area contributed by atoms with Crippen LogP contribution in [0, 0.1) is 0 Å². The summed E-state index contributed by atoms with van der Waals surface area (Å²) in [5.41, 5.74) is 1.53. The monoisotopic (exact) mass is 367 g/mol. The second kappa shape index (κ2) is 9.75. The molecule has 0 bridgehead atoms. The van der Waals surface area contributed by atoms with Gasteiger partial charge < -0.3 is 20.7 Å². The highest BCUT2D eigenvalue weighted by molar-refractivity contribution is 5.94. The van der Waals surface area contributed by atoms with Crippen molar-refractivity contribution in [3.8, 4) is 0 Å². The number of rotatable bonds is 6. The van der Waals surface area contributed by atoms with E-state index in [1.54, 1.807) is 6.07 Å². The van der Waals surface area contributed by atoms with Gasteiger partial charge in [0.1, 0.15) is 0 Å². The standard InChI is InChI=1S/C18H25N3O3.ClH/c22-17(21-12-15-6-3-9-24-15)14-5-1-4-13(10-14)11-20-18(23)16-7-2-8-19-16;/h1,4-5,10,15-16,19H,2-3,6-9,11-12H2,(H,20,23)(H,21,22);1H. The molecule has 2 fully saturated rings. The van der Waals surface area contributed by atoms with Gasteiger partial charge in [-0.3, -0.25) is 9.59 Å². The highest BCUT2D eigenvalue weighted by Crippen LogP contribution is 2.11. The van der Waals surface area contributed by atoms with E-state index in [1.807, 2.05) is 18.2 Å². The van der Waals surface area contributed by atoms with Gasteiger partial charge in [0.05, 0.1) is 12.1 Å². The summed E-state index contributed by atoms with van der Waals surface area (Å²) in [7, 11) is 0. The Morgan fingerprint density at radius 1 is 1.20 bits per heavy atom. The summed E-state index contributed by atoms with van der Waals surface area (Å²) >= 11 is 0. The fourth-order valence-electron chi connectivity index (χ4n) is 3.16. The molecule has 1 aromatic carbocycles. The molecule has 0 spiro atoms. The molecule has 1 aromatic rings. The quantitative estimate of drug-likeness (QED) is 0.709. The van der Waals surface area contributed by atoms with Gasteiger partial charge in [-0.05, 0) is 49.9 Å². The predicted molar refractivity (Wildman–Crippen MR) is 97.9 cm³/mol. The number of benzene rings is 1. The van der Waals surface area contributed by atoms with Gasteiger partial charge in [0, 0.05) is 25.3 Å². The topological polar surface area (TPSA) is 79.5 Å². The number of carbonyl (C=O) groups is 2. The van der Waals surface area contributed by atoms with Gasteiger partial charge in [-0.2, -0.15) is 0 Å². The Hall–Kier alpha value is -1.63. The molecule has 3 rings (SSSR count). The van der Waals surface area contributed by atoms with Crippen molar-refractivity contribution in [3.63, 3.8) is 0 Å². The molecule has 0 radical (unpaired) electrons. The molecule has 138 valence electrons. The molecule has 7 heteroatoms. The van der Waals surface area contributed by atoms with Crippen LogP contribution in [-0.4, -0.2) is 43.7 Å². The Labute approximate surface area is 154 Å². The number of carbonyl (C=O) groups excluding carboxylic acids is 2. The summed E-state index contributed by atoms with van der Waals surface area (Å²) in [6.45, 7) is 2.67. The van der Waals surface area contributed by atoms with E-state index < -0.39 is 0 Å². The van der Waals surface area contributed by atoms with Gasteiger partial charge in [-0.1, -0.05) is 12.1 Å². The molecule has 2 saturated heterocycles. The van der Waals surface area contributed by atoms with Crippen molar-refractivity contribution in [2.24, 2.45) is 0 Å². The number of ether oxygens (including phenoxy) is 1. The number of halogens is 1. The average molecular weight is 368 g/mol. The molecule has 2 amide bonds. The lowest BCUT2D eigenvalue weighted by Crippen LogP contribution is -2.40. The van der Waals surface area contributed by atoms with Crippen molar-refractivity contribution >= 4 is 24.2 Å². The zero-order chi connectivity index (χ0) is 16.8. The second-order valence-corrected chi connectivity index (χ2v) is 6.41. The van der Waals surface area contributed by atoms with Gasteiger partial charge in [-0.15, -0.1) is 12.4 Å². The fraction of sp³-hybridized carbons (Fsp3) is 0.556. The molecule has 2 unspecified atom stereocenters. The molecular formula is C18H26ClN3O3. The summed E-state index contributed by atoms with van der Waals surface area (Å²) < 4.78 is 5.51. The van der Waals surface area contributed by atoms with Crippen molar-refractivity contribution in [3.05, 3.63) is 35.4 Å². The zero-order valence-electron chi connectivity index (χ0n) is 14.3. The third kappa shape index (κ3) is 5.70. The van der Waals surface area contributed by atoms with E-state index in [1.165, 1.54) is 0 Å². The summed E-state index contributed by atoms with van der Waals surface area (Å²) in [4.78, 5) is 24.3. The van der Waals surface area contributed by atoms with Crippen LogP contribution in [0.5, 0.6) is 0 Å². The van der Waals surface area contributed by atoms with Crippen LogP contribution in [0.1, 0.15) is 41.6 Å². The van der Waals surface area contributed by atoms with Crippen LogP contribution in [0.2, 0.25) is 0 Å². The lowest BCUT2D eigenvalue weighted by atomic mass is 10.1. The summed E-state index contributed by atoms with van der Waals surface area (Å²) in [6, 6.07) is 7.29. The molecule has 0 saturated carbocycles. The Kier molecular flexibility index (Phi) is 7.68. The van der Waals surface area contributed by atoms with Crippen molar-refractivity contribution in [2.75, 3.05) is 19.7 Å². The first-order valence-electron chi connectivity index (χ1n) is 8.72. The smallest absolute Gasteiger partial charge is 0.251 e. The molecule has 3 N–H and O–H groups in total. The van der Waals surface area contributed by atoms with Gasteiger partial charge in [-0.25, -0.2) is 0 Å². The van der Waals surface area contributed by atoms with Crippen LogP contribution < -0.4 is 16.0 Å². The van der Waals surface area contributed by atoms with E-state index in [0.717, 1.165) is 44.4 Å². The number of amides is 2. The normalized spacial score (nSPS) is 22.2. The van der Waals surface area contributed by atoms with Gasteiger partial charge in [0.25, 0.3) is 5.91 Å². The molecule has 6 nitrogen and oxygen atoms in total. The van der Waals surface area contributed by atoms with Gasteiger partial charge >= 0.3 is 0 Å². The summed E-state index contributed by atoms with van der Waals surface area (Å²) in [5, 5.41) is 9.02. The van der Waals surface area contributed by atoms with Crippen LogP contribution in [0.4, 0.5) is 0 Å². The largest absolute Gasteiger partial charge is 0.376 e. The molecule has 25 heavy (non-hydrogen) atoms. The van der Waals surface area contributed by atoms with Crippen molar-refractivity contribution < 1.29 is 14.3 Å². The Morgan fingerprint density at radius 3 is 2.80 bits per heavy atom. The second-order valence-electron chi connectivity index (χ2n) is 6.41. The van der Waals surface area contributed by atoms with Crippen LogP contribution >= 0.6 is 12.4 Å². The Bertz CT molecular complexity index is 585. The number of hydrogen-bond donors (Lipinski definition) is 3. The summed E-state index contributed by atoms with van der Waals surface area (Å²) in [5.74, 6) is -0.0723. The lowest BCUT2D eigenvalue weighted by Gasteiger charge is -2.13. The fourth-order valence-corrected chi connectivity index (χ4v) is 3.16. The Balaban J connectivity index is 0.00000225. The zero-order valence-corrected chi connectivity index (χ0v) is 15.1. The van der Waals surface area contributed by atoms with E-state index >= 15 is 0 Å². The van der Waals surface area contributed by atoms with Crippen LogP contribution in [-0.2, 0) is 16.1 Å². The molecule has 2 atom stereocenters. The lowest BCUT2D eigenvalue weighted by molar-refractivity contribution is -0.122. The summed E-state index contributed by atoms with van der Waals surface area (Å²) in [6.07, 6.45) is 4.12. The maximum absolute atomic E-state index is 12.2. The first kappa shape index (κ1) is 19.7. The van der Waals surface area contributed by atoms with Gasteiger partial charge in [0.2, 0.25) is 5.91 Å². The van der Waals surface area contributed by atoms with Crippen molar-refractivity contribution in [1.29, 1.82) is 0 Å². The predicted octanol–water partition coefficient (Wildman–Crippen LogP) is 1.39. The molecule has 2 heterocycles. The molecular weight excluding hydrogens is 342 g/mol. The molecule has 2 aliphatic heterocycles. The van der Waals surface area contributed by atoms with E-state index in [-0.39, 0.29) is 36.4 Å². The first-order chi connectivity index (χ1) is 11.7. The highest BCUT2D eigenvalue weighted by atomic mass is 35.5. The molecule has 2 aliphatic rings. The highest BCUT2D eigenvalue weighted by Gasteiger charge is 2.21. The van der Waals surface area contributed by atoms with E-state index in [0.29, 0.717) is 18.7 Å². The number of hydrogen-bond acceptors (Lipinski definition) is 4. The van der Waals surface area contributed by atoms with Crippen molar-refractivity contribution in [2.45, 2.75) is 44.4 Å². The van der Waals surface area contributed by atoms with Crippen LogP contribution in [0.25, 0.3) is 0 Å². The molecule has 0 aromatic heterocycles. The average Bonchev–Trinajstić information content (AvgIpc) is 3.31. The minimum absolute atomic E-state index is 0. The first-order valence-corrected chi connectivity index (χ1v) is 8.72. The number of nitrogens with one attached hydrogen (secondary N) is 3.